The summed E-state index contributed by atoms with van der Waals surface area (Å²) in [4.78, 5) is 12.2. The lowest BCUT2D eigenvalue weighted by atomic mass is 10.1. The van der Waals surface area contributed by atoms with Crippen LogP contribution in [0, 0.1) is 0 Å². The monoisotopic (exact) mass is 340 g/mol. The van der Waals surface area contributed by atoms with E-state index in [0.717, 1.165) is 19.3 Å². The van der Waals surface area contributed by atoms with Crippen molar-refractivity contribution in [2.75, 3.05) is 13.2 Å². The number of amides is 1. The molecule has 0 aromatic heterocycles. The van der Waals surface area contributed by atoms with Crippen LogP contribution in [-0.2, 0) is 10.0 Å². The van der Waals surface area contributed by atoms with Crippen LogP contribution in [0.15, 0.2) is 29.2 Å². The zero-order valence-electron chi connectivity index (χ0n) is 13.5. The zero-order chi connectivity index (χ0) is 17.0. The van der Waals surface area contributed by atoms with Gasteiger partial charge >= 0.3 is 0 Å². The molecule has 0 saturated carbocycles. The van der Waals surface area contributed by atoms with Gasteiger partial charge in [-0.05, 0) is 44.9 Å². The summed E-state index contributed by atoms with van der Waals surface area (Å²) in [5, 5.41) is 11.6. The molecule has 128 valence electrons. The van der Waals surface area contributed by atoms with Crippen molar-refractivity contribution in [3.8, 4) is 0 Å². The van der Waals surface area contributed by atoms with Gasteiger partial charge in [0.15, 0.2) is 0 Å². The zero-order valence-corrected chi connectivity index (χ0v) is 14.3. The molecule has 0 spiro atoms. The number of rotatable bonds is 5. The Morgan fingerprint density at radius 3 is 2.83 bits per heavy atom. The number of hydrogen-bond acceptors (Lipinski definition) is 4. The summed E-state index contributed by atoms with van der Waals surface area (Å²) in [5.41, 5.74) is 0.274. The molecule has 1 amide bonds. The smallest absolute Gasteiger partial charge is 0.251 e. The summed E-state index contributed by atoms with van der Waals surface area (Å²) >= 11 is 0. The number of nitrogens with zero attached hydrogens (tertiary/aromatic N) is 1. The minimum absolute atomic E-state index is 0.0272. The van der Waals surface area contributed by atoms with Crippen molar-refractivity contribution in [2.45, 2.75) is 50.1 Å². The quantitative estimate of drug-likeness (QED) is 0.847. The average Bonchev–Trinajstić information content (AvgIpc) is 2.55. The highest BCUT2D eigenvalue weighted by Crippen LogP contribution is 2.25. The molecule has 1 fully saturated rings. The molecule has 6 nitrogen and oxygen atoms in total. The molecular formula is C16H24N2O4S. The molecule has 2 unspecified atom stereocenters. The average molecular weight is 340 g/mol. The van der Waals surface area contributed by atoms with Gasteiger partial charge in [0.05, 0.1) is 11.5 Å². The standard InChI is InChI=1S/C16H24N2O4S/c1-12(11-19)17-16(20)14-7-5-8-15(10-14)23(21,22)18-9-4-3-6-13(18)2/h5,7-8,10,12-13,19H,3-4,6,9,11H2,1-2H3,(H,17,20). The maximum absolute atomic E-state index is 12.8. The van der Waals surface area contributed by atoms with E-state index in [-0.39, 0.29) is 29.1 Å². The van der Waals surface area contributed by atoms with Crippen molar-refractivity contribution in [1.82, 2.24) is 9.62 Å². The Morgan fingerprint density at radius 2 is 2.17 bits per heavy atom. The van der Waals surface area contributed by atoms with Crippen LogP contribution in [0.5, 0.6) is 0 Å². The van der Waals surface area contributed by atoms with E-state index in [0.29, 0.717) is 6.54 Å². The molecule has 1 aliphatic heterocycles. The van der Waals surface area contributed by atoms with Gasteiger partial charge in [-0.25, -0.2) is 8.42 Å². The fourth-order valence-electron chi connectivity index (χ4n) is 2.71. The number of carbonyl (C=O) groups excluding carboxylic acids is 1. The van der Waals surface area contributed by atoms with E-state index in [1.165, 1.54) is 16.4 Å². The minimum atomic E-state index is -3.60. The van der Waals surface area contributed by atoms with Crippen LogP contribution >= 0.6 is 0 Å². The molecule has 2 atom stereocenters. The summed E-state index contributed by atoms with van der Waals surface area (Å²) in [6.07, 6.45) is 2.75. The van der Waals surface area contributed by atoms with Crippen LogP contribution < -0.4 is 5.32 Å². The third-order valence-electron chi connectivity index (χ3n) is 4.10. The maximum atomic E-state index is 12.8. The van der Waals surface area contributed by atoms with Crippen LogP contribution in [0.1, 0.15) is 43.5 Å². The lowest BCUT2D eigenvalue weighted by Crippen LogP contribution is -2.42. The summed E-state index contributed by atoms with van der Waals surface area (Å²) < 4.78 is 27.1. The number of hydrogen-bond donors (Lipinski definition) is 2. The molecule has 23 heavy (non-hydrogen) atoms. The number of aliphatic hydroxyl groups is 1. The number of nitrogens with one attached hydrogen (secondary N) is 1. The van der Waals surface area contributed by atoms with Crippen LogP contribution in [0.25, 0.3) is 0 Å². The molecule has 7 heteroatoms. The molecule has 1 aromatic carbocycles. The van der Waals surface area contributed by atoms with E-state index < -0.39 is 15.9 Å². The van der Waals surface area contributed by atoms with Gasteiger partial charge in [-0.1, -0.05) is 12.5 Å². The number of piperidine rings is 1. The Balaban J connectivity index is 2.26. The van der Waals surface area contributed by atoms with Gasteiger partial charge in [0.25, 0.3) is 5.91 Å². The van der Waals surface area contributed by atoms with Crippen LogP contribution in [0.4, 0.5) is 0 Å². The second-order valence-electron chi connectivity index (χ2n) is 6.05. The molecule has 1 heterocycles. The molecule has 1 saturated heterocycles. The first-order valence-electron chi connectivity index (χ1n) is 7.90. The van der Waals surface area contributed by atoms with Crippen molar-refractivity contribution in [3.05, 3.63) is 29.8 Å². The van der Waals surface area contributed by atoms with Crippen LogP contribution in [0.2, 0.25) is 0 Å². The number of aliphatic hydroxyl groups excluding tert-OH is 1. The molecule has 0 radical (unpaired) electrons. The SMILES string of the molecule is CC(CO)NC(=O)c1cccc(S(=O)(=O)N2CCCCC2C)c1. The highest BCUT2D eigenvalue weighted by Gasteiger charge is 2.31. The molecule has 0 bridgehead atoms. The van der Waals surface area contributed by atoms with Gasteiger partial charge in [-0.3, -0.25) is 4.79 Å². The van der Waals surface area contributed by atoms with E-state index in [9.17, 15) is 13.2 Å². The Labute approximate surface area is 137 Å². The molecule has 2 rings (SSSR count). The van der Waals surface area contributed by atoms with Gasteiger partial charge in [0, 0.05) is 24.2 Å². The summed E-state index contributed by atoms with van der Waals surface area (Å²) in [7, 11) is -3.60. The van der Waals surface area contributed by atoms with E-state index >= 15 is 0 Å². The van der Waals surface area contributed by atoms with Crippen molar-refractivity contribution in [3.63, 3.8) is 0 Å². The number of sulfonamides is 1. The second-order valence-corrected chi connectivity index (χ2v) is 7.94. The first-order chi connectivity index (χ1) is 10.9. The molecule has 1 aromatic rings. The van der Waals surface area contributed by atoms with Gasteiger partial charge in [-0.15, -0.1) is 0 Å². The first kappa shape index (κ1) is 17.9. The van der Waals surface area contributed by atoms with Crippen molar-refractivity contribution >= 4 is 15.9 Å². The Morgan fingerprint density at radius 1 is 1.43 bits per heavy atom. The predicted octanol–water partition coefficient (Wildman–Crippen LogP) is 1.36. The molecular weight excluding hydrogens is 316 g/mol. The minimum Gasteiger partial charge on any atom is -0.394 e. The van der Waals surface area contributed by atoms with E-state index in [1.54, 1.807) is 19.1 Å². The van der Waals surface area contributed by atoms with Gasteiger partial charge in [-0.2, -0.15) is 4.31 Å². The third-order valence-corrected chi connectivity index (χ3v) is 6.11. The summed E-state index contributed by atoms with van der Waals surface area (Å²) in [5.74, 6) is -0.393. The van der Waals surface area contributed by atoms with E-state index in [2.05, 4.69) is 5.32 Å². The highest BCUT2D eigenvalue weighted by molar-refractivity contribution is 7.89. The van der Waals surface area contributed by atoms with Crippen molar-refractivity contribution in [2.24, 2.45) is 0 Å². The Bertz CT molecular complexity index is 660. The van der Waals surface area contributed by atoms with Gasteiger partial charge < -0.3 is 10.4 Å². The predicted molar refractivity (Wildman–Crippen MR) is 87.7 cm³/mol. The third kappa shape index (κ3) is 4.10. The molecule has 0 aliphatic carbocycles. The van der Waals surface area contributed by atoms with Crippen molar-refractivity contribution < 1.29 is 18.3 Å². The maximum Gasteiger partial charge on any atom is 0.251 e. The summed E-state index contributed by atoms with van der Waals surface area (Å²) in [6.45, 7) is 3.93. The fraction of sp³-hybridized carbons (Fsp3) is 0.562. The fourth-order valence-corrected chi connectivity index (χ4v) is 4.46. The first-order valence-corrected chi connectivity index (χ1v) is 9.34. The summed E-state index contributed by atoms with van der Waals surface area (Å²) in [6, 6.07) is 5.64. The lowest BCUT2D eigenvalue weighted by Gasteiger charge is -2.32. The van der Waals surface area contributed by atoms with Gasteiger partial charge in [0.2, 0.25) is 10.0 Å². The largest absolute Gasteiger partial charge is 0.394 e. The van der Waals surface area contributed by atoms with Gasteiger partial charge in [0.1, 0.15) is 0 Å². The molecule has 1 aliphatic rings. The number of benzene rings is 1. The van der Waals surface area contributed by atoms with Crippen LogP contribution in [-0.4, -0.2) is 49.0 Å². The van der Waals surface area contributed by atoms with Crippen LogP contribution in [0.3, 0.4) is 0 Å². The topological polar surface area (TPSA) is 86.7 Å². The lowest BCUT2D eigenvalue weighted by molar-refractivity contribution is 0.0922. The Hall–Kier alpha value is -1.44. The van der Waals surface area contributed by atoms with E-state index in [4.69, 9.17) is 5.11 Å². The van der Waals surface area contributed by atoms with Crippen molar-refractivity contribution in [1.29, 1.82) is 0 Å². The highest BCUT2D eigenvalue weighted by atomic mass is 32.2. The normalized spacial score (nSPS) is 20.9. The second kappa shape index (κ2) is 7.42. The number of carbonyl (C=O) groups is 1. The Kier molecular flexibility index (Phi) is 5.78. The van der Waals surface area contributed by atoms with E-state index in [1.807, 2.05) is 6.92 Å². The molecule has 2 N–H and O–H groups in total.